The lowest BCUT2D eigenvalue weighted by atomic mass is 9.63. The maximum atomic E-state index is 13.4. The molecule has 1 atom stereocenters. The number of hydrogen-bond donors (Lipinski definition) is 2. The molecule has 7 aliphatic rings. The number of anilines is 2. The predicted molar refractivity (Wildman–Crippen MR) is 248 cm³/mol. The third kappa shape index (κ3) is 7.13. The van der Waals surface area contributed by atoms with Crippen LogP contribution in [0.5, 0.6) is 11.5 Å². The van der Waals surface area contributed by atoms with E-state index in [1.54, 1.807) is 12.4 Å². The Bertz CT molecular complexity index is 2720. The minimum Gasteiger partial charge on any atom is -0.457 e. The Labute approximate surface area is 383 Å². The number of hydrogen-bond acceptors (Lipinski definition) is 12. The van der Waals surface area contributed by atoms with Crippen LogP contribution in [-0.4, -0.2) is 115 Å². The van der Waals surface area contributed by atoms with Gasteiger partial charge in [-0.15, -0.1) is 0 Å². The van der Waals surface area contributed by atoms with Gasteiger partial charge in [-0.2, -0.15) is 5.10 Å². The third-order valence-electron chi connectivity index (χ3n) is 16.5. The largest absolute Gasteiger partial charge is 0.457 e. The molecular formula is C51H56N10O5. The first-order chi connectivity index (χ1) is 32.1. The number of likely N-dealkylation sites (tertiary alicyclic amines) is 2. The number of nitrogens with two attached hydrogens (primary N) is 1. The zero-order chi connectivity index (χ0) is 44.7. The summed E-state index contributed by atoms with van der Waals surface area (Å²) in [5, 5.41) is 8.25. The summed E-state index contributed by atoms with van der Waals surface area (Å²) in [6, 6.07) is 23.9. The van der Waals surface area contributed by atoms with Crippen LogP contribution in [0.1, 0.15) is 104 Å². The van der Waals surface area contributed by atoms with E-state index in [0.29, 0.717) is 39.9 Å². The zero-order valence-corrected chi connectivity index (χ0v) is 37.2. The second-order valence-electron chi connectivity index (χ2n) is 20.4. The minimum atomic E-state index is -0.950. The Morgan fingerprint density at radius 3 is 2.02 bits per heavy atom. The van der Waals surface area contributed by atoms with Crippen LogP contribution in [0.15, 0.2) is 79.1 Å². The molecular weight excluding hydrogens is 833 g/mol. The lowest BCUT2D eigenvalue weighted by Crippen LogP contribution is -2.64. The van der Waals surface area contributed by atoms with Gasteiger partial charge in [-0.05, 0) is 131 Å². The van der Waals surface area contributed by atoms with Gasteiger partial charge in [0.05, 0.1) is 22.6 Å². The molecule has 5 aromatic rings. The number of amides is 4. The van der Waals surface area contributed by atoms with Gasteiger partial charge in [0.25, 0.3) is 11.8 Å². The molecule has 4 amide bonds. The first-order valence-corrected chi connectivity index (χ1v) is 24.0. The normalized spacial score (nSPS) is 24.7. The number of nitrogens with zero attached hydrogens (tertiary/aromatic N) is 8. The first kappa shape index (κ1) is 41.3. The van der Waals surface area contributed by atoms with Gasteiger partial charge in [-0.1, -0.05) is 18.2 Å². The molecule has 2 aromatic heterocycles. The van der Waals surface area contributed by atoms with Crippen molar-refractivity contribution in [1.29, 1.82) is 0 Å². The molecule has 340 valence electrons. The summed E-state index contributed by atoms with van der Waals surface area (Å²) in [4.78, 5) is 68.8. The first-order valence-electron chi connectivity index (χ1n) is 24.0. The SMILES string of the molecule is Nc1ncnc2c1c(-c1ccc(Oc3ccccc3)cc1)nn2C1CCN(C2CCC3(CC2)CN(C2CCC4(CC2)CN(c2ccc5c(c2)C(=O)N(C2CCC(=O)NC2=O)C5=O)C4)C3)CC1. The van der Waals surface area contributed by atoms with Gasteiger partial charge in [0.15, 0.2) is 5.65 Å². The van der Waals surface area contributed by atoms with Crippen LogP contribution in [0.3, 0.4) is 0 Å². The summed E-state index contributed by atoms with van der Waals surface area (Å²) < 4.78 is 8.15. The number of benzene rings is 3. The number of nitrogens with one attached hydrogen (secondary N) is 1. The van der Waals surface area contributed by atoms with E-state index < -0.39 is 23.8 Å². The van der Waals surface area contributed by atoms with E-state index in [2.05, 4.69) is 29.7 Å². The molecule has 66 heavy (non-hydrogen) atoms. The lowest BCUT2D eigenvalue weighted by Gasteiger charge is -2.60. The van der Waals surface area contributed by atoms with E-state index in [4.69, 9.17) is 20.6 Å². The van der Waals surface area contributed by atoms with Crippen molar-refractivity contribution in [1.82, 2.24) is 39.8 Å². The molecule has 0 radical (unpaired) electrons. The number of nitrogen functional groups attached to an aromatic ring is 1. The van der Waals surface area contributed by atoms with E-state index in [9.17, 15) is 19.2 Å². The fraction of sp³-hybridized carbons (Fsp3) is 0.471. The number of carbonyl (C=O) groups is 4. The number of imide groups is 2. The molecule has 1 unspecified atom stereocenters. The van der Waals surface area contributed by atoms with Crippen LogP contribution in [0.25, 0.3) is 22.3 Å². The summed E-state index contributed by atoms with van der Waals surface area (Å²) in [6.45, 7) is 6.53. The van der Waals surface area contributed by atoms with E-state index in [1.165, 1.54) is 64.5 Å². The van der Waals surface area contributed by atoms with Crippen molar-refractivity contribution in [2.45, 2.75) is 101 Å². The standard InChI is InChI=1S/C51H56N10O5/c52-45-43-44(32-6-9-38(10-7-32)66-37-4-2-1-3-5-37)56-61(46(43)54-31-53-45)35-18-24-57(25-19-35)33-14-20-50(21-15-33)27-58(28-50)34-16-22-51(23-17-34)29-59(30-51)36-8-11-39-40(26-36)49(65)60(48(39)64)41-12-13-42(62)55-47(41)63/h1-11,26,31,33-35,41H,12-25,27-30H2,(H2,52,53,54)(H,55,62,63). The van der Waals surface area contributed by atoms with E-state index in [0.717, 1.165) is 83.4 Å². The summed E-state index contributed by atoms with van der Waals surface area (Å²) >= 11 is 0. The Hall–Kier alpha value is -6.19. The zero-order valence-electron chi connectivity index (χ0n) is 37.2. The van der Waals surface area contributed by atoms with Crippen molar-refractivity contribution in [3.63, 3.8) is 0 Å². The highest BCUT2D eigenvalue weighted by Gasteiger charge is 2.52. The molecule has 6 fully saturated rings. The molecule has 0 bridgehead atoms. The second-order valence-corrected chi connectivity index (χ2v) is 20.4. The number of rotatable bonds is 8. The summed E-state index contributed by atoms with van der Waals surface area (Å²) in [7, 11) is 0. The number of aromatic nitrogens is 4. The smallest absolute Gasteiger partial charge is 0.262 e. The van der Waals surface area contributed by atoms with Gasteiger partial charge in [-0.3, -0.25) is 34.3 Å². The quantitative estimate of drug-likeness (QED) is 0.160. The Morgan fingerprint density at radius 1 is 0.667 bits per heavy atom. The summed E-state index contributed by atoms with van der Waals surface area (Å²) in [5.41, 5.74) is 11.5. The number of carbonyl (C=O) groups excluding carboxylic acids is 4. The molecule has 3 aromatic carbocycles. The van der Waals surface area contributed by atoms with Crippen LogP contribution in [0, 0.1) is 10.8 Å². The predicted octanol–water partition coefficient (Wildman–Crippen LogP) is 6.60. The molecule has 5 aliphatic heterocycles. The molecule has 4 saturated heterocycles. The maximum Gasteiger partial charge on any atom is 0.262 e. The van der Waals surface area contributed by atoms with Gasteiger partial charge in [-0.25, -0.2) is 14.6 Å². The monoisotopic (exact) mass is 888 g/mol. The Morgan fingerprint density at radius 2 is 1.32 bits per heavy atom. The van der Waals surface area contributed by atoms with Crippen LogP contribution >= 0.6 is 0 Å². The highest BCUT2D eigenvalue weighted by Crippen LogP contribution is 2.51. The topological polar surface area (TPSA) is 172 Å². The minimum absolute atomic E-state index is 0.111. The summed E-state index contributed by atoms with van der Waals surface area (Å²) in [5.74, 6) is 0.136. The maximum absolute atomic E-state index is 13.4. The van der Waals surface area contributed by atoms with Crippen molar-refractivity contribution < 1.29 is 23.9 Å². The molecule has 12 rings (SSSR count). The molecule has 15 heteroatoms. The van der Waals surface area contributed by atoms with Gasteiger partial charge in [0.2, 0.25) is 11.8 Å². The van der Waals surface area contributed by atoms with Gasteiger partial charge in [0.1, 0.15) is 35.4 Å². The molecule has 2 saturated carbocycles. The van der Waals surface area contributed by atoms with Crippen molar-refractivity contribution in [3.8, 4) is 22.8 Å². The van der Waals surface area contributed by atoms with Crippen molar-refractivity contribution in [3.05, 3.63) is 90.3 Å². The van der Waals surface area contributed by atoms with Gasteiger partial charge in [0, 0.05) is 74.4 Å². The average Bonchev–Trinajstić information content (AvgIpc) is 3.83. The molecule has 2 spiro atoms. The molecule has 2 aliphatic carbocycles. The number of para-hydroxylation sites is 1. The number of fused-ring (bicyclic) bond motifs is 2. The van der Waals surface area contributed by atoms with Crippen LogP contribution in [-0.2, 0) is 9.59 Å². The Balaban J connectivity index is 0.606. The van der Waals surface area contributed by atoms with Crippen LogP contribution < -0.4 is 20.7 Å². The highest BCUT2D eigenvalue weighted by atomic mass is 16.5. The fourth-order valence-electron chi connectivity index (χ4n) is 12.7. The molecule has 7 heterocycles. The summed E-state index contributed by atoms with van der Waals surface area (Å²) in [6.07, 6.45) is 14.0. The number of ether oxygens (including phenoxy) is 1. The second kappa shape index (κ2) is 16.0. The molecule has 3 N–H and O–H groups in total. The van der Waals surface area contributed by atoms with Crippen LogP contribution in [0.2, 0.25) is 0 Å². The van der Waals surface area contributed by atoms with E-state index >= 15 is 0 Å². The van der Waals surface area contributed by atoms with Gasteiger partial charge < -0.3 is 20.3 Å². The third-order valence-corrected chi connectivity index (χ3v) is 16.5. The lowest BCUT2D eigenvalue weighted by molar-refractivity contribution is -0.136. The van der Waals surface area contributed by atoms with Crippen molar-refractivity contribution in [2.75, 3.05) is 49.9 Å². The van der Waals surface area contributed by atoms with E-state index in [1.807, 2.05) is 66.7 Å². The fourth-order valence-corrected chi connectivity index (χ4v) is 12.7. The highest BCUT2D eigenvalue weighted by molar-refractivity contribution is 6.23. The Kier molecular flexibility index (Phi) is 10.0. The average molecular weight is 889 g/mol. The van der Waals surface area contributed by atoms with Crippen molar-refractivity contribution >= 4 is 46.2 Å². The van der Waals surface area contributed by atoms with Crippen molar-refractivity contribution in [2.24, 2.45) is 10.8 Å². The van der Waals surface area contributed by atoms with Gasteiger partial charge >= 0.3 is 0 Å². The molecule has 15 nitrogen and oxygen atoms in total. The number of piperidine rings is 2. The van der Waals surface area contributed by atoms with E-state index in [-0.39, 0.29) is 24.8 Å². The van der Waals surface area contributed by atoms with Crippen LogP contribution in [0.4, 0.5) is 11.5 Å².